The van der Waals surface area contributed by atoms with Crippen LogP contribution in [0.4, 0.5) is 0 Å². The van der Waals surface area contributed by atoms with Crippen LogP contribution in [0.1, 0.15) is 49.9 Å². The average molecular weight is 332 g/mol. The minimum atomic E-state index is 0.0901. The molecule has 5 nitrogen and oxygen atoms in total. The molecule has 1 N–H and O–H groups in total. The Hall–Kier alpha value is -1.75. The Labute approximate surface area is 144 Å². The van der Waals surface area contributed by atoms with Gasteiger partial charge in [0.1, 0.15) is 0 Å². The van der Waals surface area contributed by atoms with Crippen LogP contribution in [0.2, 0.25) is 0 Å². The second kappa shape index (κ2) is 7.88. The molecule has 2 aliphatic rings. The highest BCUT2D eigenvalue weighted by molar-refractivity contribution is 5.95. The number of nitrogens with one attached hydrogen (secondary N) is 1. The van der Waals surface area contributed by atoms with E-state index >= 15 is 0 Å². The van der Waals surface area contributed by atoms with Crippen molar-refractivity contribution in [2.75, 3.05) is 26.3 Å². The zero-order valence-corrected chi connectivity index (χ0v) is 14.7. The van der Waals surface area contributed by atoms with E-state index in [1.165, 1.54) is 12.8 Å². The van der Waals surface area contributed by atoms with Crippen molar-refractivity contribution in [3.05, 3.63) is 23.8 Å². The highest BCUT2D eigenvalue weighted by atomic mass is 16.5. The number of likely N-dealkylation sites (tertiary alicyclic amines) is 1. The Morgan fingerprint density at radius 3 is 2.79 bits per heavy atom. The zero-order valence-electron chi connectivity index (χ0n) is 14.7. The molecule has 2 heterocycles. The number of rotatable bonds is 6. The van der Waals surface area contributed by atoms with Crippen LogP contribution in [0.15, 0.2) is 18.2 Å². The normalized spacial score (nSPS) is 23.0. The number of nitrogens with zero attached hydrogens (tertiary/aromatic N) is 1. The molecule has 0 radical (unpaired) electrons. The third-order valence-corrected chi connectivity index (χ3v) is 4.76. The van der Waals surface area contributed by atoms with Gasteiger partial charge >= 0.3 is 0 Å². The molecular weight excluding hydrogens is 304 g/mol. The number of carbonyl (C=O) groups excluding carboxylic acids is 1. The maximum Gasteiger partial charge on any atom is 0.254 e. The van der Waals surface area contributed by atoms with E-state index in [0.717, 1.165) is 25.9 Å². The van der Waals surface area contributed by atoms with Crippen molar-refractivity contribution in [3.63, 3.8) is 0 Å². The quantitative estimate of drug-likeness (QED) is 0.870. The first-order valence-corrected chi connectivity index (χ1v) is 9.16. The third-order valence-electron chi connectivity index (χ3n) is 4.76. The molecule has 1 aromatic rings. The van der Waals surface area contributed by atoms with E-state index in [1.54, 1.807) is 0 Å². The second-order valence-corrected chi connectivity index (χ2v) is 6.62. The van der Waals surface area contributed by atoms with Gasteiger partial charge in [-0.1, -0.05) is 6.92 Å². The van der Waals surface area contributed by atoms with Crippen LogP contribution in [-0.4, -0.2) is 49.2 Å². The Kier molecular flexibility index (Phi) is 5.61. The van der Waals surface area contributed by atoms with Gasteiger partial charge in [0.2, 0.25) is 0 Å². The highest BCUT2D eigenvalue weighted by Crippen LogP contribution is 2.30. The van der Waals surface area contributed by atoms with Gasteiger partial charge in [0, 0.05) is 30.7 Å². The fraction of sp³-hybridized carbons (Fsp3) is 0.632. The molecule has 2 unspecified atom stereocenters. The topological polar surface area (TPSA) is 50.8 Å². The summed E-state index contributed by atoms with van der Waals surface area (Å²) in [6, 6.07) is 6.56. The van der Waals surface area contributed by atoms with Crippen LogP contribution in [-0.2, 0) is 0 Å². The molecule has 0 aromatic heterocycles. The SMILES string of the molecule is CCCOc1ccc(C(=O)N2CCC3CCC(C2)N3)cc1OCC. The molecular formula is C19H28N2O3. The number of benzene rings is 1. The Morgan fingerprint density at radius 2 is 2.00 bits per heavy atom. The van der Waals surface area contributed by atoms with Crippen molar-refractivity contribution in [1.82, 2.24) is 10.2 Å². The van der Waals surface area contributed by atoms with Gasteiger partial charge < -0.3 is 19.7 Å². The van der Waals surface area contributed by atoms with Crippen LogP contribution in [0.25, 0.3) is 0 Å². The fourth-order valence-corrected chi connectivity index (χ4v) is 3.55. The summed E-state index contributed by atoms with van der Waals surface area (Å²) in [7, 11) is 0. The minimum absolute atomic E-state index is 0.0901. The smallest absolute Gasteiger partial charge is 0.254 e. The fourth-order valence-electron chi connectivity index (χ4n) is 3.55. The molecule has 1 aromatic carbocycles. The molecule has 5 heteroatoms. The van der Waals surface area contributed by atoms with Gasteiger partial charge in [-0.05, 0) is 50.8 Å². The average Bonchev–Trinajstić information content (AvgIpc) is 2.92. The van der Waals surface area contributed by atoms with Crippen molar-refractivity contribution in [2.45, 2.75) is 51.6 Å². The van der Waals surface area contributed by atoms with Gasteiger partial charge in [0.15, 0.2) is 11.5 Å². The third kappa shape index (κ3) is 3.83. The summed E-state index contributed by atoms with van der Waals surface area (Å²) in [5.74, 6) is 1.46. The maximum absolute atomic E-state index is 12.9. The monoisotopic (exact) mass is 332 g/mol. The predicted octanol–water partition coefficient (Wildman–Crippen LogP) is 2.84. The summed E-state index contributed by atoms with van der Waals surface area (Å²) in [4.78, 5) is 14.9. The van der Waals surface area contributed by atoms with E-state index in [1.807, 2.05) is 30.0 Å². The van der Waals surface area contributed by atoms with Crippen LogP contribution in [0.5, 0.6) is 11.5 Å². The molecule has 2 saturated heterocycles. The first-order valence-electron chi connectivity index (χ1n) is 9.16. The number of fused-ring (bicyclic) bond motifs is 2. The number of amides is 1. The van der Waals surface area contributed by atoms with E-state index in [0.29, 0.717) is 42.4 Å². The molecule has 132 valence electrons. The molecule has 0 aliphatic carbocycles. The molecule has 1 amide bonds. The van der Waals surface area contributed by atoms with E-state index in [2.05, 4.69) is 12.2 Å². The Morgan fingerprint density at radius 1 is 1.17 bits per heavy atom. The summed E-state index contributed by atoms with van der Waals surface area (Å²) >= 11 is 0. The molecule has 0 spiro atoms. The van der Waals surface area contributed by atoms with Crippen molar-refractivity contribution >= 4 is 5.91 Å². The molecule has 24 heavy (non-hydrogen) atoms. The van der Waals surface area contributed by atoms with E-state index in [4.69, 9.17) is 9.47 Å². The van der Waals surface area contributed by atoms with Gasteiger partial charge in [0.25, 0.3) is 5.91 Å². The molecule has 2 fully saturated rings. The van der Waals surface area contributed by atoms with Gasteiger partial charge in [0.05, 0.1) is 13.2 Å². The van der Waals surface area contributed by atoms with Crippen LogP contribution < -0.4 is 14.8 Å². The molecule has 2 atom stereocenters. The van der Waals surface area contributed by atoms with E-state index in [-0.39, 0.29) is 5.91 Å². The number of hydrogen-bond acceptors (Lipinski definition) is 4. The summed E-state index contributed by atoms with van der Waals surface area (Å²) in [5.41, 5.74) is 0.681. The summed E-state index contributed by atoms with van der Waals surface area (Å²) in [6.07, 6.45) is 4.39. The standard InChI is InChI=1S/C19H28N2O3/c1-3-11-24-17-8-5-14(12-18(17)23-4-2)19(22)21-10-9-15-6-7-16(13-21)20-15/h5,8,12,15-16,20H,3-4,6-7,9-11,13H2,1-2H3. The van der Waals surface area contributed by atoms with Gasteiger partial charge in [-0.3, -0.25) is 4.79 Å². The van der Waals surface area contributed by atoms with Gasteiger partial charge in [-0.25, -0.2) is 0 Å². The van der Waals surface area contributed by atoms with Crippen molar-refractivity contribution in [2.24, 2.45) is 0 Å². The van der Waals surface area contributed by atoms with Crippen molar-refractivity contribution in [3.8, 4) is 11.5 Å². The van der Waals surface area contributed by atoms with Crippen LogP contribution in [0.3, 0.4) is 0 Å². The summed E-state index contributed by atoms with van der Waals surface area (Å²) in [6.45, 7) is 6.83. The molecule has 2 aliphatic heterocycles. The lowest BCUT2D eigenvalue weighted by atomic mass is 10.1. The lowest BCUT2D eigenvalue weighted by molar-refractivity contribution is 0.0747. The first kappa shape index (κ1) is 17.1. The lowest BCUT2D eigenvalue weighted by Gasteiger charge is -2.24. The summed E-state index contributed by atoms with van der Waals surface area (Å²) in [5, 5.41) is 3.61. The van der Waals surface area contributed by atoms with Crippen LogP contribution in [0, 0.1) is 0 Å². The molecule has 3 rings (SSSR count). The second-order valence-electron chi connectivity index (χ2n) is 6.62. The minimum Gasteiger partial charge on any atom is -0.490 e. The summed E-state index contributed by atoms with van der Waals surface area (Å²) < 4.78 is 11.4. The maximum atomic E-state index is 12.9. The first-order chi connectivity index (χ1) is 11.7. The Bertz CT molecular complexity index is 576. The number of ether oxygens (including phenoxy) is 2. The predicted molar refractivity (Wildman–Crippen MR) is 93.9 cm³/mol. The van der Waals surface area contributed by atoms with Gasteiger partial charge in [-0.2, -0.15) is 0 Å². The largest absolute Gasteiger partial charge is 0.490 e. The van der Waals surface area contributed by atoms with Crippen LogP contribution >= 0.6 is 0 Å². The van der Waals surface area contributed by atoms with E-state index < -0.39 is 0 Å². The molecule has 0 saturated carbocycles. The zero-order chi connectivity index (χ0) is 16.9. The highest BCUT2D eigenvalue weighted by Gasteiger charge is 2.31. The van der Waals surface area contributed by atoms with E-state index in [9.17, 15) is 4.79 Å². The number of carbonyl (C=O) groups is 1. The van der Waals surface area contributed by atoms with Crippen molar-refractivity contribution in [1.29, 1.82) is 0 Å². The Balaban J connectivity index is 1.75. The molecule has 2 bridgehead atoms. The lowest BCUT2D eigenvalue weighted by Crippen LogP contribution is -2.39. The van der Waals surface area contributed by atoms with Gasteiger partial charge in [-0.15, -0.1) is 0 Å². The number of hydrogen-bond donors (Lipinski definition) is 1. The van der Waals surface area contributed by atoms with Crippen molar-refractivity contribution < 1.29 is 14.3 Å².